The van der Waals surface area contributed by atoms with Crippen molar-refractivity contribution < 1.29 is 4.79 Å². The van der Waals surface area contributed by atoms with Crippen molar-refractivity contribution in [2.75, 3.05) is 17.2 Å². The zero-order valence-electron chi connectivity index (χ0n) is 16.4. The number of aromatic amines is 1. The van der Waals surface area contributed by atoms with Crippen molar-refractivity contribution in [2.45, 2.75) is 31.8 Å². The van der Waals surface area contributed by atoms with E-state index >= 15 is 0 Å². The monoisotopic (exact) mass is 403 g/mol. The number of carbonyl (C=O) groups is 1. The molecular weight excluding hydrogens is 382 g/mol. The average molecular weight is 404 g/mol. The first-order valence-electron chi connectivity index (χ1n) is 9.74. The molecule has 0 radical (unpaired) electrons. The molecule has 3 heterocycles. The molecule has 5 rings (SSSR count). The Balaban J connectivity index is 1.38. The molecule has 29 heavy (non-hydrogen) atoms. The number of hydrogen-bond acceptors (Lipinski definition) is 5. The van der Waals surface area contributed by atoms with Gasteiger partial charge >= 0.3 is 0 Å². The highest BCUT2D eigenvalue weighted by Crippen LogP contribution is 2.29. The zero-order valence-corrected chi connectivity index (χ0v) is 17.2. The number of H-pyrrole nitrogens is 1. The minimum Gasteiger partial charge on any atom is -0.337 e. The van der Waals surface area contributed by atoms with Gasteiger partial charge in [-0.1, -0.05) is 41.6 Å². The van der Waals surface area contributed by atoms with Gasteiger partial charge in [-0.25, -0.2) is 4.98 Å². The van der Waals surface area contributed by atoms with E-state index in [9.17, 15) is 4.79 Å². The van der Waals surface area contributed by atoms with Crippen LogP contribution < -0.4 is 4.90 Å². The van der Waals surface area contributed by atoms with E-state index in [4.69, 9.17) is 0 Å². The standard InChI is InChI=1S/C22H21N5OS/c1-13-10-14(2)19-16(11-13)20-21(23-19)24-22(26-25-20)29-12-18(28)27-9-5-7-15-6-3-4-8-17(15)27/h3-4,6,8,10-11H,5,7,9,12H2,1-2H3,(H,23,24,26). The lowest BCUT2D eigenvalue weighted by Crippen LogP contribution is -2.36. The Bertz CT molecular complexity index is 1250. The van der Waals surface area contributed by atoms with E-state index in [1.807, 2.05) is 23.1 Å². The third-order valence-corrected chi connectivity index (χ3v) is 6.20. The van der Waals surface area contributed by atoms with Gasteiger partial charge < -0.3 is 9.88 Å². The number of nitrogens with zero attached hydrogens (tertiary/aromatic N) is 4. The maximum atomic E-state index is 12.8. The fourth-order valence-electron chi connectivity index (χ4n) is 4.08. The lowest BCUT2D eigenvalue weighted by atomic mass is 10.0. The van der Waals surface area contributed by atoms with Crippen LogP contribution in [0.2, 0.25) is 0 Å². The Morgan fingerprint density at radius 1 is 1.21 bits per heavy atom. The van der Waals surface area contributed by atoms with Crippen molar-refractivity contribution in [1.82, 2.24) is 20.2 Å². The van der Waals surface area contributed by atoms with Gasteiger partial charge in [0.15, 0.2) is 5.65 Å². The molecule has 7 heteroatoms. The van der Waals surface area contributed by atoms with Crippen LogP contribution in [0, 0.1) is 13.8 Å². The Hall–Kier alpha value is -2.93. The first-order chi connectivity index (χ1) is 14.1. The molecule has 1 amide bonds. The molecule has 0 saturated carbocycles. The molecule has 0 aliphatic carbocycles. The number of fused-ring (bicyclic) bond motifs is 4. The summed E-state index contributed by atoms with van der Waals surface area (Å²) in [5.74, 6) is 0.369. The largest absolute Gasteiger partial charge is 0.337 e. The third kappa shape index (κ3) is 3.25. The molecule has 0 bridgehead atoms. The van der Waals surface area contributed by atoms with Gasteiger partial charge in [-0.15, -0.1) is 10.2 Å². The van der Waals surface area contributed by atoms with Crippen LogP contribution in [0.4, 0.5) is 5.69 Å². The number of aromatic nitrogens is 4. The quantitative estimate of drug-likeness (QED) is 0.519. The molecule has 0 atom stereocenters. The summed E-state index contributed by atoms with van der Waals surface area (Å²) >= 11 is 1.33. The number of anilines is 1. The van der Waals surface area contributed by atoms with Gasteiger partial charge in [0.05, 0.1) is 11.3 Å². The van der Waals surface area contributed by atoms with E-state index in [0.717, 1.165) is 47.1 Å². The molecule has 4 aromatic rings. The van der Waals surface area contributed by atoms with Crippen LogP contribution in [-0.4, -0.2) is 38.4 Å². The van der Waals surface area contributed by atoms with Gasteiger partial charge in [-0.2, -0.15) is 0 Å². The van der Waals surface area contributed by atoms with Crippen LogP contribution in [0.5, 0.6) is 0 Å². The summed E-state index contributed by atoms with van der Waals surface area (Å²) in [6, 6.07) is 12.4. The highest BCUT2D eigenvalue weighted by Gasteiger charge is 2.22. The van der Waals surface area contributed by atoms with E-state index in [2.05, 4.69) is 52.2 Å². The summed E-state index contributed by atoms with van der Waals surface area (Å²) < 4.78 is 0. The number of aryl methyl sites for hydroxylation is 3. The van der Waals surface area contributed by atoms with Crippen molar-refractivity contribution in [3.05, 3.63) is 53.1 Å². The Kier molecular flexibility index (Phi) is 4.47. The number of carbonyl (C=O) groups excluding carboxylic acids is 1. The number of para-hydroxylation sites is 1. The Morgan fingerprint density at radius 2 is 2.07 bits per heavy atom. The van der Waals surface area contributed by atoms with Gasteiger partial charge in [-0.3, -0.25) is 4.79 Å². The number of rotatable bonds is 3. The molecule has 0 unspecified atom stereocenters. The van der Waals surface area contributed by atoms with Crippen molar-refractivity contribution in [3.63, 3.8) is 0 Å². The van der Waals surface area contributed by atoms with Gasteiger partial charge in [0.25, 0.3) is 0 Å². The number of benzene rings is 2. The molecule has 0 fully saturated rings. The SMILES string of the molecule is Cc1cc(C)c2[nH]c3nc(SCC(=O)N4CCCc5ccccc54)nnc3c2c1. The predicted octanol–water partition coefficient (Wildman–Crippen LogP) is 4.19. The summed E-state index contributed by atoms with van der Waals surface area (Å²) in [7, 11) is 0. The zero-order chi connectivity index (χ0) is 20.0. The predicted molar refractivity (Wildman–Crippen MR) is 117 cm³/mol. The first kappa shape index (κ1) is 18.1. The molecule has 1 N–H and O–H groups in total. The first-order valence-corrected chi connectivity index (χ1v) is 10.7. The number of hydrogen-bond donors (Lipinski definition) is 1. The molecule has 2 aromatic carbocycles. The highest BCUT2D eigenvalue weighted by molar-refractivity contribution is 7.99. The molecule has 146 valence electrons. The Labute approximate surface area is 172 Å². The van der Waals surface area contributed by atoms with E-state index < -0.39 is 0 Å². The summed E-state index contributed by atoms with van der Waals surface area (Å²) in [6.07, 6.45) is 2.02. The van der Waals surface area contributed by atoms with E-state index in [-0.39, 0.29) is 5.91 Å². The lowest BCUT2D eigenvalue weighted by molar-refractivity contribution is -0.116. The second kappa shape index (κ2) is 7.15. The molecule has 6 nitrogen and oxygen atoms in total. The molecule has 1 aliphatic rings. The average Bonchev–Trinajstić information content (AvgIpc) is 3.10. The van der Waals surface area contributed by atoms with Crippen molar-refractivity contribution in [1.29, 1.82) is 0 Å². The van der Waals surface area contributed by atoms with Gasteiger partial charge in [-0.05, 0) is 49.9 Å². The van der Waals surface area contributed by atoms with E-state index in [0.29, 0.717) is 16.6 Å². The van der Waals surface area contributed by atoms with Crippen LogP contribution in [0.25, 0.3) is 22.1 Å². The van der Waals surface area contributed by atoms with Crippen molar-refractivity contribution >= 4 is 45.4 Å². The van der Waals surface area contributed by atoms with Gasteiger partial charge in [0.2, 0.25) is 11.1 Å². The van der Waals surface area contributed by atoms with Crippen molar-refractivity contribution in [2.24, 2.45) is 0 Å². The van der Waals surface area contributed by atoms with Crippen LogP contribution in [0.1, 0.15) is 23.1 Å². The fourth-order valence-corrected chi connectivity index (χ4v) is 4.74. The molecule has 0 spiro atoms. The molecule has 1 aliphatic heterocycles. The smallest absolute Gasteiger partial charge is 0.237 e. The number of nitrogens with one attached hydrogen (secondary N) is 1. The number of thioether (sulfide) groups is 1. The second-order valence-electron chi connectivity index (χ2n) is 7.49. The van der Waals surface area contributed by atoms with Crippen LogP contribution in [-0.2, 0) is 11.2 Å². The van der Waals surface area contributed by atoms with E-state index in [1.165, 1.54) is 22.9 Å². The number of amides is 1. The van der Waals surface area contributed by atoms with Crippen LogP contribution in [0.15, 0.2) is 41.6 Å². The minimum absolute atomic E-state index is 0.0777. The second-order valence-corrected chi connectivity index (χ2v) is 8.43. The van der Waals surface area contributed by atoms with Crippen LogP contribution in [0.3, 0.4) is 0 Å². The summed E-state index contributed by atoms with van der Waals surface area (Å²) in [5.41, 5.74) is 7.13. The summed E-state index contributed by atoms with van der Waals surface area (Å²) in [4.78, 5) is 22.7. The normalized spacial score (nSPS) is 13.8. The lowest BCUT2D eigenvalue weighted by Gasteiger charge is -2.29. The minimum atomic E-state index is 0.0777. The van der Waals surface area contributed by atoms with Gasteiger partial charge in [0.1, 0.15) is 5.52 Å². The Morgan fingerprint density at radius 3 is 2.97 bits per heavy atom. The summed E-state index contributed by atoms with van der Waals surface area (Å²) in [6.45, 7) is 4.90. The third-order valence-electron chi connectivity index (χ3n) is 5.38. The summed E-state index contributed by atoms with van der Waals surface area (Å²) in [5, 5.41) is 10.2. The maximum absolute atomic E-state index is 12.8. The molecular formula is C22H21N5OS. The van der Waals surface area contributed by atoms with Crippen LogP contribution >= 0.6 is 11.8 Å². The van der Waals surface area contributed by atoms with Gasteiger partial charge in [0, 0.05) is 17.6 Å². The van der Waals surface area contributed by atoms with Crippen molar-refractivity contribution in [3.8, 4) is 0 Å². The topological polar surface area (TPSA) is 74.8 Å². The highest BCUT2D eigenvalue weighted by atomic mass is 32.2. The van der Waals surface area contributed by atoms with E-state index in [1.54, 1.807) is 0 Å². The fraction of sp³-hybridized carbons (Fsp3) is 0.273. The maximum Gasteiger partial charge on any atom is 0.237 e. The molecule has 0 saturated heterocycles. The molecule has 2 aromatic heterocycles.